The molecule has 0 bridgehead atoms. The maximum Gasteiger partial charge on any atom is 0.331 e. The van der Waals surface area contributed by atoms with Gasteiger partial charge in [-0.05, 0) is 18.2 Å². The third-order valence-corrected chi connectivity index (χ3v) is 3.07. The smallest absolute Gasteiger partial charge is 0.331 e. The summed E-state index contributed by atoms with van der Waals surface area (Å²) < 4.78 is 0. The number of aliphatic carboxylic acids is 1. The van der Waals surface area contributed by atoms with Crippen LogP contribution >= 0.6 is 23.4 Å². The number of nitrogen functional groups attached to an aromatic ring is 1. The second-order valence-corrected chi connectivity index (χ2v) is 4.33. The van der Waals surface area contributed by atoms with Gasteiger partial charge in [-0.1, -0.05) is 18.2 Å². The van der Waals surface area contributed by atoms with Gasteiger partial charge < -0.3 is 10.8 Å². The van der Waals surface area contributed by atoms with Gasteiger partial charge in [0.05, 0.1) is 0 Å². The Kier molecular flexibility index (Phi) is 4.05. The van der Waals surface area contributed by atoms with Crippen molar-refractivity contribution >= 4 is 35.0 Å². The van der Waals surface area contributed by atoms with Crippen molar-refractivity contribution in [1.29, 1.82) is 0 Å². The molecule has 0 heterocycles. The van der Waals surface area contributed by atoms with Gasteiger partial charge >= 0.3 is 5.97 Å². The largest absolute Gasteiger partial charge is 0.478 e. The maximum atomic E-state index is 10.5. The van der Waals surface area contributed by atoms with E-state index in [0.29, 0.717) is 16.5 Å². The van der Waals surface area contributed by atoms with Crippen molar-refractivity contribution in [2.45, 2.75) is 4.90 Å². The van der Waals surface area contributed by atoms with E-state index < -0.39 is 5.97 Å². The summed E-state index contributed by atoms with van der Waals surface area (Å²) >= 11 is 7.09. The van der Waals surface area contributed by atoms with Crippen LogP contribution in [0.2, 0.25) is 5.02 Å². The number of rotatable bonds is 4. The summed E-state index contributed by atoms with van der Waals surface area (Å²) in [6.45, 7) is 3.43. The zero-order valence-electron chi connectivity index (χ0n) is 7.87. The number of carbonyl (C=O) groups is 1. The van der Waals surface area contributed by atoms with E-state index in [1.54, 1.807) is 18.2 Å². The van der Waals surface area contributed by atoms with Crippen molar-refractivity contribution in [3.8, 4) is 0 Å². The highest BCUT2D eigenvalue weighted by molar-refractivity contribution is 7.99. The Hall–Kier alpha value is -1.13. The molecule has 15 heavy (non-hydrogen) atoms. The van der Waals surface area contributed by atoms with Crippen LogP contribution in [-0.4, -0.2) is 16.8 Å². The molecule has 0 unspecified atom stereocenters. The summed E-state index contributed by atoms with van der Waals surface area (Å²) in [6, 6.07) is 5.08. The highest BCUT2D eigenvalue weighted by atomic mass is 35.5. The van der Waals surface area contributed by atoms with Crippen LogP contribution in [0, 0.1) is 0 Å². The Morgan fingerprint density at radius 1 is 1.60 bits per heavy atom. The summed E-state index contributed by atoms with van der Waals surface area (Å²) in [6.07, 6.45) is 0. The van der Waals surface area contributed by atoms with E-state index in [9.17, 15) is 4.79 Å². The Bertz CT molecular complexity index is 406. The Balaban J connectivity index is 2.69. The summed E-state index contributed by atoms with van der Waals surface area (Å²) in [5.74, 6) is -0.706. The standard InChI is InChI=1S/C10H10ClNO2S/c1-6(10(13)14)5-15-9-4-7(11)2-3-8(9)12/h2-4H,1,5,12H2,(H,13,14). The highest BCUT2D eigenvalue weighted by Crippen LogP contribution is 2.29. The summed E-state index contributed by atoms with van der Waals surface area (Å²) in [5, 5.41) is 9.19. The average molecular weight is 244 g/mol. The van der Waals surface area contributed by atoms with Gasteiger partial charge in [-0.3, -0.25) is 0 Å². The molecule has 0 amide bonds. The lowest BCUT2D eigenvalue weighted by molar-refractivity contribution is -0.132. The zero-order chi connectivity index (χ0) is 11.4. The quantitative estimate of drug-likeness (QED) is 0.485. The van der Waals surface area contributed by atoms with E-state index in [1.165, 1.54) is 11.8 Å². The van der Waals surface area contributed by atoms with Gasteiger partial charge in [-0.15, -0.1) is 11.8 Å². The minimum atomic E-state index is -0.997. The molecule has 0 aliphatic carbocycles. The zero-order valence-corrected chi connectivity index (χ0v) is 9.44. The van der Waals surface area contributed by atoms with Crippen molar-refractivity contribution in [2.75, 3.05) is 11.5 Å². The van der Waals surface area contributed by atoms with Crippen LogP contribution < -0.4 is 5.73 Å². The number of anilines is 1. The third-order valence-electron chi connectivity index (χ3n) is 1.68. The molecule has 0 aliphatic heterocycles. The molecule has 0 atom stereocenters. The van der Waals surface area contributed by atoms with Crippen LogP contribution in [0.15, 0.2) is 35.2 Å². The first-order valence-electron chi connectivity index (χ1n) is 4.09. The van der Waals surface area contributed by atoms with Crippen molar-refractivity contribution in [2.24, 2.45) is 0 Å². The minimum absolute atomic E-state index is 0.138. The van der Waals surface area contributed by atoms with E-state index in [4.69, 9.17) is 22.4 Å². The Labute approximate surface area is 96.9 Å². The molecule has 0 spiro atoms. The van der Waals surface area contributed by atoms with Crippen molar-refractivity contribution < 1.29 is 9.90 Å². The second kappa shape index (κ2) is 5.09. The molecule has 1 aromatic carbocycles. The number of benzene rings is 1. The third kappa shape index (κ3) is 3.49. The molecule has 3 nitrogen and oxygen atoms in total. The number of halogens is 1. The molecule has 1 aromatic rings. The fourth-order valence-electron chi connectivity index (χ4n) is 0.860. The number of carboxylic acid groups (broad SMARTS) is 1. The number of thioether (sulfide) groups is 1. The number of carboxylic acids is 1. The maximum absolute atomic E-state index is 10.5. The van der Waals surface area contributed by atoms with Gasteiger partial charge in [0.15, 0.2) is 0 Å². The number of hydrogen-bond acceptors (Lipinski definition) is 3. The van der Waals surface area contributed by atoms with Crippen molar-refractivity contribution in [3.05, 3.63) is 35.4 Å². The normalized spacial score (nSPS) is 9.93. The molecule has 0 saturated carbocycles. The average Bonchev–Trinajstić information content (AvgIpc) is 2.18. The van der Waals surface area contributed by atoms with Gasteiger partial charge in [0.2, 0.25) is 0 Å². The van der Waals surface area contributed by atoms with E-state index in [-0.39, 0.29) is 5.57 Å². The molecule has 0 aromatic heterocycles. The van der Waals surface area contributed by atoms with Gasteiger partial charge in [-0.25, -0.2) is 4.79 Å². The van der Waals surface area contributed by atoms with Crippen LogP contribution in [0.3, 0.4) is 0 Å². The first kappa shape index (κ1) is 11.9. The highest BCUT2D eigenvalue weighted by Gasteiger charge is 2.06. The predicted molar refractivity (Wildman–Crippen MR) is 63.4 cm³/mol. The lowest BCUT2D eigenvalue weighted by atomic mass is 10.3. The summed E-state index contributed by atoms with van der Waals surface area (Å²) in [7, 11) is 0. The molecule has 1 rings (SSSR count). The van der Waals surface area contributed by atoms with Crippen molar-refractivity contribution in [3.63, 3.8) is 0 Å². The lowest BCUT2D eigenvalue weighted by Gasteiger charge is -2.05. The van der Waals surface area contributed by atoms with E-state index in [1.807, 2.05) is 0 Å². The van der Waals surface area contributed by atoms with Crippen molar-refractivity contribution in [1.82, 2.24) is 0 Å². The molecule has 80 valence electrons. The molecular formula is C10H10ClNO2S. The number of nitrogens with two attached hydrogens (primary N) is 1. The van der Waals surface area contributed by atoms with Crippen LogP contribution in [0.5, 0.6) is 0 Å². The molecular weight excluding hydrogens is 234 g/mol. The summed E-state index contributed by atoms with van der Waals surface area (Å²) in [5.41, 5.74) is 6.42. The SMILES string of the molecule is C=C(CSc1cc(Cl)ccc1N)C(=O)O. The topological polar surface area (TPSA) is 63.3 Å². The molecule has 0 aliphatic rings. The van der Waals surface area contributed by atoms with Crippen LogP contribution in [-0.2, 0) is 4.79 Å². The van der Waals surface area contributed by atoms with Crippen LogP contribution in [0.4, 0.5) is 5.69 Å². The first-order chi connectivity index (χ1) is 7.00. The van der Waals surface area contributed by atoms with Gasteiger partial charge in [0.1, 0.15) is 0 Å². The van der Waals surface area contributed by atoms with Gasteiger partial charge in [0.25, 0.3) is 0 Å². The molecule has 3 N–H and O–H groups in total. The Morgan fingerprint density at radius 3 is 2.87 bits per heavy atom. The van der Waals surface area contributed by atoms with Gasteiger partial charge in [0, 0.05) is 26.9 Å². The van der Waals surface area contributed by atoms with E-state index in [0.717, 1.165) is 4.90 Å². The Morgan fingerprint density at radius 2 is 2.27 bits per heavy atom. The predicted octanol–water partition coefficient (Wildman–Crippen LogP) is 2.66. The minimum Gasteiger partial charge on any atom is -0.478 e. The first-order valence-corrected chi connectivity index (χ1v) is 5.46. The monoisotopic (exact) mass is 243 g/mol. The molecule has 0 fully saturated rings. The fraction of sp³-hybridized carbons (Fsp3) is 0.100. The van der Waals surface area contributed by atoms with E-state index in [2.05, 4.69) is 6.58 Å². The lowest BCUT2D eigenvalue weighted by Crippen LogP contribution is -2.01. The van der Waals surface area contributed by atoms with Gasteiger partial charge in [-0.2, -0.15) is 0 Å². The number of hydrogen-bond donors (Lipinski definition) is 2. The molecule has 0 radical (unpaired) electrons. The van der Waals surface area contributed by atoms with Crippen LogP contribution in [0.25, 0.3) is 0 Å². The summed E-state index contributed by atoms with van der Waals surface area (Å²) in [4.78, 5) is 11.3. The van der Waals surface area contributed by atoms with E-state index >= 15 is 0 Å². The van der Waals surface area contributed by atoms with Crippen LogP contribution in [0.1, 0.15) is 0 Å². The molecule has 0 saturated heterocycles. The molecule has 5 heteroatoms. The fourth-order valence-corrected chi connectivity index (χ4v) is 1.99. The second-order valence-electron chi connectivity index (χ2n) is 2.88.